The van der Waals surface area contributed by atoms with Gasteiger partial charge in [0, 0.05) is 0 Å². The topological polar surface area (TPSA) is 69.6 Å². The van der Waals surface area contributed by atoms with Gasteiger partial charge in [-0.1, -0.05) is 36.4 Å². The van der Waals surface area contributed by atoms with Crippen LogP contribution in [0.5, 0.6) is 5.75 Å². The number of esters is 1. The summed E-state index contributed by atoms with van der Waals surface area (Å²) in [7, 11) is 2.83. The van der Waals surface area contributed by atoms with Gasteiger partial charge in [-0.2, -0.15) is 5.10 Å². The van der Waals surface area contributed by atoms with Crippen LogP contribution in [-0.2, 0) is 25.6 Å². The number of hydrogen-bond donors (Lipinski definition) is 0. The zero-order chi connectivity index (χ0) is 21.2. The molecule has 1 heterocycles. The van der Waals surface area contributed by atoms with Crippen LogP contribution in [0.1, 0.15) is 16.7 Å². The van der Waals surface area contributed by atoms with Gasteiger partial charge in [0.25, 0.3) is 0 Å². The van der Waals surface area contributed by atoms with Crippen molar-refractivity contribution in [2.45, 2.75) is 6.61 Å². The Hall–Kier alpha value is -3.32. The van der Waals surface area contributed by atoms with E-state index >= 15 is 0 Å². The number of methoxy groups -OCH3 is 2. The van der Waals surface area contributed by atoms with Gasteiger partial charge in [-0.25, -0.2) is 4.79 Å². The van der Waals surface area contributed by atoms with E-state index < -0.39 is 5.97 Å². The summed E-state index contributed by atoms with van der Waals surface area (Å²) < 4.78 is 21.3. The van der Waals surface area contributed by atoms with E-state index in [1.54, 1.807) is 0 Å². The number of hydrazone groups is 1. The average molecular weight is 410 g/mol. The first-order valence-corrected chi connectivity index (χ1v) is 9.70. The van der Waals surface area contributed by atoms with Crippen LogP contribution in [0.15, 0.2) is 59.9 Å². The van der Waals surface area contributed by atoms with Crippen LogP contribution in [0, 0.1) is 0 Å². The smallest absolute Gasteiger partial charge is 0.341 e. The number of carbonyl (C=O) groups excluding carboxylic acids is 1. The molecule has 1 fully saturated rings. The summed E-state index contributed by atoms with van der Waals surface area (Å²) >= 11 is 0. The van der Waals surface area contributed by atoms with Gasteiger partial charge in [-0.05, 0) is 28.8 Å². The van der Waals surface area contributed by atoms with E-state index in [4.69, 9.17) is 18.9 Å². The van der Waals surface area contributed by atoms with Crippen molar-refractivity contribution in [2.75, 3.05) is 40.5 Å². The molecule has 1 aliphatic rings. The molecule has 0 aliphatic carbocycles. The molecule has 158 valence electrons. The van der Waals surface area contributed by atoms with Crippen molar-refractivity contribution in [3.63, 3.8) is 0 Å². The molecule has 3 rings (SSSR count). The van der Waals surface area contributed by atoms with Crippen LogP contribution in [0.25, 0.3) is 5.57 Å². The van der Waals surface area contributed by atoms with Gasteiger partial charge >= 0.3 is 5.97 Å². The van der Waals surface area contributed by atoms with Crippen molar-refractivity contribution in [3.05, 3.63) is 71.5 Å². The second-order valence-electron chi connectivity index (χ2n) is 6.59. The van der Waals surface area contributed by atoms with E-state index in [9.17, 15) is 4.79 Å². The van der Waals surface area contributed by atoms with Gasteiger partial charge in [-0.3, -0.25) is 5.01 Å². The Morgan fingerprint density at radius 2 is 1.93 bits per heavy atom. The lowest BCUT2D eigenvalue weighted by Crippen LogP contribution is -2.32. The van der Waals surface area contributed by atoms with Gasteiger partial charge in [0.15, 0.2) is 0 Å². The van der Waals surface area contributed by atoms with Crippen molar-refractivity contribution >= 4 is 17.8 Å². The molecule has 0 N–H and O–H groups in total. The minimum absolute atomic E-state index is 0.290. The molecule has 0 spiro atoms. The summed E-state index contributed by atoms with van der Waals surface area (Å²) in [6, 6.07) is 15.2. The van der Waals surface area contributed by atoms with E-state index in [-0.39, 0.29) is 6.61 Å². The third-order valence-electron chi connectivity index (χ3n) is 4.56. The zero-order valence-corrected chi connectivity index (χ0v) is 17.2. The lowest BCUT2D eigenvalue weighted by molar-refractivity contribution is -0.133. The molecule has 2 aromatic carbocycles. The van der Waals surface area contributed by atoms with Crippen LogP contribution in [0.2, 0.25) is 0 Å². The van der Waals surface area contributed by atoms with Crippen LogP contribution < -0.4 is 4.74 Å². The number of ether oxygens (including phenoxy) is 4. The molecule has 30 heavy (non-hydrogen) atoms. The molecule has 0 atom stereocenters. The second kappa shape index (κ2) is 11.0. The highest BCUT2D eigenvalue weighted by Gasteiger charge is 2.17. The monoisotopic (exact) mass is 410 g/mol. The van der Waals surface area contributed by atoms with E-state index in [0.717, 1.165) is 24.2 Å². The first-order valence-electron chi connectivity index (χ1n) is 9.70. The number of carbonyl (C=O) groups is 1. The van der Waals surface area contributed by atoms with Gasteiger partial charge < -0.3 is 18.9 Å². The normalized spacial score (nSPS) is 14.6. The fourth-order valence-electron chi connectivity index (χ4n) is 3.02. The van der Waals surface area contributed by atoms with Crippen molar-refractivity contribution in [2.24, 2.45) is 5.10 Å². The molecule has 0 saturated carbocycles. The van der Waals surface area contributed by atoms with Crippen LogP contribution >= 0.6 is 0 Å². The third-order valence-corrected chi connectivity index (χ3v) is 4.56. The number of rotatable bonds is 8. The molecule has 1 aliphatic heterocycles. The van der Waals surface area contributed by atoms with Crippen molar-refractivity contribution < 1.29 is 23.7 Å². The largest absolute Gasteiger partial charge is 0.503 e. The third kappa shape index (κ3) is 5.84. The Morgan fingerprint density at radius 1 is 1.13 bits per heavy atom. The van der Waals surface area contributed by atoms with Crippen molar-refractivity contribution in [3.8, 4) is 5.75 Å². The molecule has 0 radical (unpaired) electrons. The zero-order valence-electron chi connectivity index (χ0n) is 17.2. The summed E-state index contributed by atoms with van der Waals surface area (Å²) in [6.45, 7) is 3.27. The highest BCUT2D eigenvalue weighted by molar-refractivity contribution is 6.16. The maximum atomic E-state index is 12.1. The van der Waals surface area contributed by atoms with Gasteiger partial charge in [-0.15, -0.1) is 0 Å². The molecular weight excluding hydrogens is 384 g/mol. The highest BCUT2D eigenvalue weighted by Crippen LogP contribution is 2.23. The summed E-state index contributed by atoms with van der Waals surface area (Å²) in [5, 5.41) is 6.49. The van der Waals surface area contributed by atoms with Crippen LogP contribution in [0.3, 0.4) is 0 Å². The summed E-state index contributed by atoms with van der Waals surface area (Å²) in [5.41, 5.74) is 2.84. The van der Waals surface area contributed by atoms with Crippen molar-refractivity contribution in [1.82, 2.24) is 5.01 Å². The molecule has 7 nitrogen and oxygen atoms in total. The number of morpholine rings is 1. The SMILES string of the molecule is COC=C(C(=O)OC)c1ccccc1COc1cccc(C=NN2CCOCC2)c1. The fourth-order valence-corrected chi connectivity index (χ4v) is 3.02. The predicted molar refractivity (Wildman–Crippen MR) is 114 cm³/mol. The van der Waals surface area contributed by atoms with Crippen LogP contribution in [0.4, 0.5) is 0 Å². The minimum atomic E-state index is -0.467. The Labute approximate surface area is 176 Å². The highest BCUT2D eigenvalue weighted by atomic mass is 16.5. The molecule has 0 aromatic heterocycles. The summed E-state index contributed by atoms with van der Waals surface area (Å²) in [6.07, 6.45) is 3.20. The van der Waals surface area contributed by atoms with Gasteiger partial charge in [0.05, 0.1) is 53.0 Å². The molecule has 1 saturated heterocycles. The van der Waals surface area contributed by atoms with Gasteiger partial charge in [0.1, 0.15) is 17.9 Å². The van der Waals surface area contributed by atoms with Crippen LogP contribution in [-0.4, -0.2) is 57.7 Å². The Bertz CT molecular complexity index is 904. The van der Waals surface area contributed by atoms with Gasteiger partial charge in [0.2, 0.25) is 0 Å². The maximum Gasteiger partial charge on any atom is 0.341 e. The standard InChI is InChI=1S/C23H26N2O5/c1-27-17-22(23(26)28-2)21-9-4-3-7-19(21)16-30-20-8-5-6-18(14-20)15-24-25-10-12-29-13-11-25/h3-9,14-15,17H,10-13,16H2,1-2H3. The lowest BCUT2D eigenvalue weighted by atomic mass is 10.0. The molecule has 0 bridgehead atoms. The Morgan fingerprint density at radius 3 is 2.70 bits per heavy atom. The first kappa shape index (κ1) is 21.4. The predicted octanol–water partition coefficient (Wildman–Crippen LogP) is 3.09. The maximum absolute atomic E-state index is 12.1. The van der Waals surface area contributed by atoms with E-state index in [0.29, 0.717) is 30.1 Å². The Balaban J connectivity index is 1.71. The lowest BCUT2D eigenvalue weighted by Gasteiger charge is -2.23. The summed E-state index contributed by atoms with van der Waals surface area (Å²) in [5.74, 6) is 0.247. The van der Waals surface area contributed by atoms with E-state index in [1.807, 2.05) is 59.8 Å². The quantitative estimate of drug-likeness (QED) is 0.288. The first-order chi connectivity index (χ1) is 14.7. The Kier molecular flexibility index (Phi) is 7.86. The second-order valence-corrected chi connectivity index (χ2v) is 6.59. The molecular formula is C23H26N2O5. The van der Waals surface area contributed by atoms with Crippen molar-refractivity contribution in [1.29, 1.82) is 0 Å². The average Bonchev–Trinajstić information content (AvgIpc) is 2.80. The molecule has 2 aromatic rings. The molecule has 0 unspecified atom stereocenters. The number of nitrogens with zero attached hydrogens (tertiary/aromatic N) is 2. The van der Waals surface area contributed by atoms with E-state index in [1.165, 1.54) is 20.5 Å². The summed E-state index contributed by atoms with van der Waals surface area (Å²) in [4.78, 5) is 12.1. The number of benzene rings is 2. The minimum Gasteiger partial charge on any atom is -0.503 e. The molecule has 0 amide bonds. The van der Waals surface area contributed by atoms with E-state index in [2.05, 4.69) is 5.10 Å². The molecule has 7 heteroatoms. The fraction of sp³-hybridized carbons (Fsp3) is 0.304. The number of hydrogen-bond acceptors (Lipinski definition) is 7.